The molecule has 12 nitrogen and oxygen atoms in total. The summed E-state index contributed by atoms with van der Waals surface area (Å²) in [4.78, 5) is 58.9. The zero-order valence-corrected chi connectivity index (χ0v) is 30.4. The van der Waals surface area contributed by atoms with Gasteiger partial charge in [0.15, 0.2) is 5.13 Å². The van der Waals surface area contributed by atoms with E-state index in [0.29, 0.717) is 51.2 Å². The molecule has 0 bridgehead atoms. The second kappa shape index (κ2) is 15.4. The van der Waals surface area contributed by atoms with Gasteiger partial charge in [0.05, 0.1) is 22.8 Å². The fourth-order valence-electron chi connectivity index (χ4n) is 7.29. The van der Waals surface area contributed by atoms with Gasteiger partial charge in [0.2, 0.25) is 11.8 Å². The highest BCUT2D eigenvalue weighted by molar-refractivity contribution is 7.17. The monoisotopic (exact) mass is 727 g/mol. The summed E-state index contributed by atoms with van der Waals surface area (Å²) in [5.74, 6) is 1.29. The number of piperidine rings is 2. The number of thiazole rings is 1. The van der Waals surface area contributed by atoms with E-state index in [1.54, 1.807) is 12.3 Å². The third kappa shape index (κ3) is 8.22. The molecule has 266 valence electrons. The molecular weight excluding hydrogens is 686 g/mol. The van der Waals surface area contributed by atoms with Crippen LogP contribution in [0.2, 0.25) is 5.02 Å². The summed E-state index contributed by atoms with van der Waals surface area (Å²) in [6.45, 7) is 10.4. The number of imide groups is 1. The molecule has 3 aliphatic heterocycles. The quantitative estimate of drug-likeness (QED) is 0.190. The molecule has 0 aliphatic carbocycles. The number of hydrogen-bond acceptors (Lipinski definition) is 11. The van der Waals surface area contributed by atoms with E-state index >= 15 is 0 Å². The van der Waals surface area contributed by atoms with Crippen LogP contribution in [-0.2, 0) is 16.1 Å². The summed E-state index contributed by atoms with van der Waals surface area (Å²) in [7, 11) is 0. The SMILES string of the molecule is Cc1nc(Nc2ncc(C(=O)Nc3c(C)cccc3Cl)s2)cc(N2CCC(N3CCN(Cc4ccccc4C4CCC(=O)NC4=O)CC3)CC2)n1. The zero-order chi connectivity index (χ0) is 35.5. The third-order valence-corrected chi connectivity index (χ3v) is 11.3. The van der Waals surface area contributed by atoms with E-state index in [2.05, 4.69) is 46.7 Å². The van der Waals surface area contributed by atoms with Crippen LogP contribution in [0.25, 0.3) is 0 Å². The van der Waals surface area contributed by atoms with Crippen LogP contribution in [0, 0.1) is 13.8 Å². The standard InChI is InChI=1S/C37H42ClN9O3S/c1-23-6-5-9-29(38)34(23)44-36(50)30-21-39-37(51-30)42-31-20-32(41-24(2)40-31)47-14-12-26(13-15-47)46-18-16-45(17-19-46)22-25-7-3-4-8-27(25)28-10-11-33(48)43-35(28)49/h3-9,20-21,26,28H,10-19,22H2,1-2H3,(H,44,50)(H,43,48,49)(H,39,40,41,42). The van der Waals surface area contributed by atoms with Gasteiger partial charge in [0, 0.05) is 64.3 Å². The maximum atomic E-state index is 12.9. The average molecular weight is 728 g/mol. The number of carbonyl (C=O) groups is 3. The van der Waals surface area contributed by atoms with Crippen molar-refractivity contribution in [1.82, 2.24) is 30.1 Å². The number of para-hydroxylation sites is 1. The van der Waals surface area contributed by atoms with Crippen LogP contribution in [0.4, 0.5) is 22.5 Å². The van der Waals surface area contributed by atoms with Crippen molar-refractivity contribution in [3.63, 3.8) is 0 Å². The summed E-state index contributed by atoms with van der Waals surface area (Å²) in [5, 5.41) is 9.74. The smallest absolute Gasteiger partial charge is 0.267 e. The Labute approximate surface area is 306 Å². The number of hydrogen-bond donors (Lipinski definition) is 3. The van der Waals surface area contributed by atoms with E-state index in [0.717, 1.165) is 75.6 Å². The number of anilines is 4. The second-order valence-electron chi connectivity index (χ2n) is 13.4. The molecule has 51 heavy (non-hydrogen) atoms. The van der Waals surface area contributed by atoms with Crippen molar-refractivity contribution in [2.24, 2.45) is 0 Å². The van der Waals surface area contributed by atoms with Gasteiger partial charge in [-0.05, 0) is 55.9 Å². The minimum Gasteiger partial charge on any atom is -0.356 e. The molecule has 14 heteroatoms. The van der Waals surface area contributed by atoms with Gasteiger partial charge in [-0.2, -0.15) is 0 Å². The lowest BCUT2D eigenvalue weighted by Crippen LogP contribution is -2.53. The molecule has 7 rings (SSSR count). The van der Waals surface area contributed by atoms with Crippen molar-refractivity contribution < 1.29 is 14.4 Å². The molecule has 4 aromatic rings. The first kappa shape index (κ1) is 35.0. The summed E-state index contributed by atoms with van der Waals surface area (Å²) in [6, 6.07) is 16.1. The molecule has 2 aromatic heterocycles. The Bertz CT molecular complexity index is 1900. The Kier molecular flexibility index (Phi) is 10.6. The van der Waals surface area contributed by atoms with Gasteiger partial charge >= 0.3 is 0 Å². The van der Waals surface area contributed by atoms with Crippen molar-refractivity contribution in [2.45, 2.75) is 58.0 Å². The van der Waals surface area contributed by atoms with Crippen molar-refractivity contribution in [1.29, 1.82) is 0 Å². The van der Waals surface area contributed by atoms with E-state index in [4.69, 9.17) is 16.6 Å². The number of amides is 3. The topological polar surface area (TPSA) is 136 Å². The Hall–Kier alpha value is -4.43. The Morgan fingerprint density at radius 2 is 1.76 bits per heavy atom. The van der Waals surface area contributed by atoms with Crippen LogP contribution in [0.3, 0.4) is 0 Å². The third-order valence-electron chi connectivity index (χ3n) is 10.0. The normalized spacial score (nSPS) is 19.2. The Balaban J connectivity index is 0.905. The molecule has 1 atom stereocenters. The number of aryl methyl sites for hydroxylation is 2. The van der Waals surface area contributed by atoms with Gasteiger partial charge in [-0.25, -0.2) is 15.0 Å². The fraction of sp³-hybridized carbons (Fsp3) is 0.405. The maximum Gasteiger partial charge on any atom is 0.267 e. The van der Waals surface area contributed by atoms with E-state index in [9.17, 15) is 14.4 Å². The Morgan fingerprint density at radius 3 is 2.53 bits per heavy atom. The predicted molar refractivity (Wildman–Crippen MR) is 200 cm³/mol. The molecular formula is C37H42ClN9O3S. The zero-order valence-electron chi connectivity index (χ0n) is 28.8. The number of halogens is 1. The lowest BCUT2D eigenvalue weighted by molar-refractivity contribution is -0.134. The average Bonchev–Trinajstić information content (AvgIpc) is 3.59. The Morgan fingerprint density at radius 1 is 0.980 bits per heavy atom. The van der Waals surface area contributed by atoms with Crippen LogP contribution in [-0.4, -0.2) is 87.8 Å². The highest BCUT2D eigenvalue weighted by Crippen LogP contribution is 2.31. The van der Waals surface area contributed by atoms with Crippen LogP contribution in [0.1, 0.15) is 63.8 Å². The number of carbonyl (C=O) groups excluding carboxylic acids is 3. The second-order valence-corrected chi connectivity index (χ2v) is 14.9. The van der Waals surface area contributed by atoms with Crippen LogP contribution in [0.15, 0.2) is 54.7 Å². The first-order chi connectivity index (χ1) is 24.7. The molecule has 5 heterocycles. The number of benzene rings is 2. The molecule has 1 unspecified atom stereocenters. The minimum atomic E-state index is -0.268. The van der Waals surface area contributed by atoms with Crippen LogP contribution in [0.5, 0.6) is 0 Å². The number of nitrogens with zero attached hydrogens (tertiary/aromatic N) is 6. The lowest BCUT2D eigenvalue weighted by Gasteiger charge is -2.43. The van der Waals surface area contributed by atoms with Gasteiger partial charge in [0.25, 0.3) is 5.91 Å². The number of nitrogens with one attached hydrogen (secondary N) is 3. The number of aromatic nitrogens is 3. The van der Waals surface area contributed by atoms with Crippen molar-refractivity contribution >= 4 is 63.1 Å². The minimum absolute atomic E-state index is 0.181. The molecule has 3 amide bonds. The first-order valence-electron chi connectivity index (χ1n) is 17.5. The van der Waals surface area contributed by atoms with Crippen LogP contribution >= 0.6 is 22.9 Å². The number of rotatable bonds is 9. The lowest BCUT2D eigenvalue weighted by atomic mass is 9.87. The molecule has 3 fully saturated rings. The fourth-order valence-corrected chi connectivity index (χ4v) is 8.27. The number of piperazine rings is 1. The molecule has 0 radical (unpaired) electrons. The van der Waals surface area contributed by atoms with Gasteiger partial charge in [-0.1, -0.05) is 59.3 Å². The van der Waals surface area contributed by atoms with E-state index in [-0.39, 0.29) is 23.6 Å². The molecule has 3 saturated heterocycles. The van der Waals surface area contributed by atoms with Gasteiger partial charge in [0.1, 0.15) is 22.3 Å². The molecule has 3 N–H and O–H groups in total. The van der Waals surface area contributed by atoms with Crippen molar-refractivity contribution in [3.05, 3.63) is 87.1 Å². The highest BCUT2D eigenvalue weighted by Gasteiger charge is 2.31. The van der Waals surface area contributed by atoms with E-state index in [1.165, 1.54) is 16.9 Å². The molecule has 0 saturated carbocycles. The highest BCUT2D eigenvalue weighted by atomic mass is 35.5. The summed E-state index contributed by atoms with van der Waals surface area (Å²) in [5.41, 5.74) is 3.70. The molecule has 3 aliphatic rings. The van der Waals surface area contributed by atoms with Gasteiger partial charge in [-0.15, -0.1) is 0 Å². The summed E-state index contributed by atoms with van der Waals surface area (Å²) < 4.78 is 0. The molecule has 0 spiro atoms. The summed E-state index contributed by atoms with van der Waals surface area (Å²) in [6.07, 6.45) is 4.62. The van der Waals surface area contributed by atoms with Gasteiger partial charge < -0.3 is 15.5 Å². The first-order valence-corrected chi connectivity index (χ1v) is 18.7. The maximum absolute atomic E-state index is 12.9. The van der Waals surface area contributed by atoms with Crippen molar-refractivity contribution in [2.75, 3.05) is 54.8 Å². The van der Waals surface area contributed by atoms with Crippen LogP contribution < -0.4 is 20.9 Å². The predicted octanol–water partition coefficient (Wildman–Crippen LogP) is 5.51. The van der Waals surface area contributed by atoms with Crippen molar-refractivity contribution in [3.8, 4) is 0 Å². The van der Waals surface area contributed by atoms with Gasteiger partial charge in [-0.3, -0.25) is 29.5 Å². The summed E-state index contributed by atoms with van der Waals surface area (Å²) >= 11 is 7.55. The largest absolute Gasteiger partial charge is 0.356 e. The van der Waals surface area contributed by atoms with E-state index < -0.39 is 0 Å². The molecule has 2 aromatic carbocycles. The van der Waals surface area contributed by atoms with E-state index in [1.807, 2.05) is 50.2 Å².